The van der Waals surface area contributed by atoms with Crippen LogP contribution in [-0.2, 0) is 14.3 Å². The minimum atomic E-state index is -1.03. The van der Waals surface area contributed by atoms with Crippen LogP contribution in [0.5, 0.6) is 17.8 Å². The van der Waals surface area contributed by atoms with Crippen LogP contribution in [0.3, 0.4) is 0 Å². The molecular formula is C30H35ClN6O8. The number of aromatic nitrogens is 4. The second-order valence-electron chi connectivity index (χ2n) is 11.0. The molecule has 14 nitrogen and oxygen atoms in total. The second-order valence-corrected chi connectivity index (χ2v) is 11.4. The van der Waals surface area contributed by atoms with E-state index in [9.17, 15) is 15.0 Å². The molecule has 0 aliphatic carbocycles. The van der Waals surface area contributed by atoms with Gasteiger partial charge < -0.3 is 43.7 Å². The average molecular weight is 643 g/mol. The van der Waals surface area contributed by atoms with Crippen LogP contribution in [0.4, 0.5) is 11.5 Å². The Labute approximate surface area is 264 Å². The molecule has 1 spiro atoms. The first kappa shape index (κ1) is 31.0. The van der Waals surface area contributed by atoms with Crippen LogP contribution in [0.2, 0.25) is 5.02 Å². The molecule has 0 bridgehead atoms. The quantitative estimate of drug-likeness (QED) is 0.314. The van der Waals surface area contributed by atoms with Crippen LogP contribution in [0.25, 0.3) is 11.4 Å². The molecular weight excluding hydrogens is 608 g/mol. The molecule has 3 saturated heterocycles. The van der Waals surface area contributed by atoms with E-state index >= 15 is 0 Å². The summed E-state index contributed by atoms with van der Waals surface area (Å²) in [4.78, 5) is 34.3. The lowest BCUT2D eigenvalue weighted by Gasteiger charge is -2.53. The van der Waals surface area contributed by atoms with Crippen molar-refractivity contribution in [2.75, 3.05) is 62.5 Å². The van der Waals surface area contributed by atoms with Gasteiger partial charge in [-0.2, -0.15) is 9.97 Å². The summed E-state index contributed by atoms with van der Waals surface area (Å²) in [7, 11) is 0. The molecule has 2 N–H and O–H groups in total. The number of aliphatic hydroxyl groups is 1. The molecule has 3 aromatic rings. The molecule has 0 unspecified atom stereocenters. The number of anilines is 2. The Morgan fingerprint density at radius 1 is 1.16 bits per heavy atom. The highest BCUT2D eigenvalue weighted by Gasteiger charge is 2.50. The summed E-state index contributed by atoms with van der Waals surface area (Å²) in [6, 6.07) is 7.74. The maximum atomic E-state index is 12.5. The zero-order valence-corrected chi connectivity index (χ0v) is 25.7. The van der Waals surface area contributed by atoms with Gasteiger partial charge >= 0.3 is 12.0 Å². The number of aliphatic carboxylic acids is 1. The number of ether oxygens (including phenoxy) is 5. The molecule has 15 heteroatoms. The number of carboxylic acid groups (broad SMARTS) is 1. The number of morpholine rings is 1. The number of nitrogens with zero attached hydrogens (tertiary/aromatic N) is 6. The molecule has 0 saturated carbocycles. The highest BCUT2D eigenvalue weighted by atomic mass is 35.5. The van der Waals surface area contributed by atoms with E-state index < -0.39 is 23.7 Å². The molecule has 6 heterocycles. The van der Waals surface area contributed by atoms with E-state index in [-0.39, 0.29) is 38.2 Å². The monoisotopic (exact) mass is 642 g/mol. The summed E-state index contributed by atoms with van der Waals surface area (Å²) < 4.78 is 29.1. The fourth-order valence-corrected chi connectivity index (χ4v) is 5.97. The Hall–Kier alpha value is -3.98. The third-order valence-electron chi connectivity index (χ3n) is 8.16. The fourth-order valence-electron chi connectivity index (χ4n) is 5.82. The van der Waals surface area contributed by atoms with Crippen LogP contribution in [0, 0.1) is 0 Å². The molecule has 3 aliphatic rings. The number of hydrogen-bond donors (Lipinski definition) is 2. The molecule has 45 heavy (non-hydrogen) atoms. The summed E-state index contributed by atoms with van der Waals surface area (Å²) in [6.45, 7) is 6.41. The molecule has 240 valence electrons. The number of hydrogen-bond acceptors (Lipinski definition) is 13. The van der Waals surface area contributed by atoms with E-state index in [4.69, 9.17) is 35.3 Å². The van der Waals surface area contributed by atoms with Gasteiger partial charge in [-0.25, -0.2) is 14.8 Å². The first-order valence-corrected chi connectivity index (χ1v) is 15.2. The van der Waals surface area contributed by atoms with Crippen molar-refractivity contribution in [3.63, 3.8) is 0 Å². The van der Waals surface area contributed by atoms with Crippen molar-refractivity contribution in [3.8, 4) is 29.2 Å². The Bertz CT molecular complexity index is 1530. The maximum absolute atomic E-state index is 12.5. The van der Waals surface area contributed by atoms with E-state index in [0.717, 1.165) is 0 Å². The first-order valence-electron chi connectivity index (χ1n) is 14.8. The molecule has 0 aromatic carbocycles. The van der Waals surface area contributed by atoms with E-state index in [1.54, 1.807) is 29.2 Å². The van der Waals surface area contributed by atoms with Crippen molar-refractivity contribution >= 4 is 29.1 Å². The number of halogens is 1. The Balaban J connectivity index is 1.29. The van der Waals surface area contributed by atoms with E-state index in [2.05, 4.69) is 31.8 Å². The SMILES string of the molecule is CCOc1cccc(-c2cc(N3C[C@@H](Oc4ncc(Cl)cc4N4CCOC5(COC5)[C@@H]4C)C[C@H]3C(=O)O)nc(OCCO)n2)n1. The van der Waals surface area contributed by atoms with E-state index in [1.165, 1.54) is 6.20 Å². The van der Waals surface area contributed by atoms with Crippen molar-refractivity contribution < 1.29 is 38.7 Å². The number of pyridine rings is 2. The Kier molecular flexibility index (Phi) is 9.08. The molecule has 3 aliphatic heterocycles. The van der Waals surface area contributed by atoms with E-state index in [1.807, 2.05) is 13.0 Å². The van der Waals surface area contributed by atoms with Crippen molar-refractivity contribution in [1.29, 1.82) is 0 Å². The molecule has 3 aromatic heterocycles. The summed E-state index contributed by atoms with van der Waals surface area (Å²) in [5, 5.41) is 20.0. The highest BCUT2D eigenvalue weighted by molar-refractivity contribution is 6.30. The molecule has 6 rings (SSSR count). The summed E-state index contributed by atoms with van der Waals surface area (Å²) in [5.74, 6) is 0.0519. The predicted octanol–water partition coefficient (Wildman–Crippen LogP) is 2.46. The third-order valence-corrected chi connectivity index (χ3v) is 8.37. The van der Waals surface area contributed by atoms with Crippen molar-refractivity contribution in [3.05, 3.63) is 41.6 Å². The van der Waals surface area contributed by atoms with Crippen molar-refractivity contribution in [2.24, 2.45) is 0 Å². The highest BCUT2D eigenvalue weighted by Crippen LogP contribution is 2.40. The average Bonchev–Trinajstić information content (AvgIpc) is 3.45. The number of carboxylic acids is 1. The first-order chi connectivity index (χ1) is 21.8. The van der Waals surface area contributed by atoms with Crippen LogP contribution in [0.15, 0.2) is 36.5 Å². The van der Waals surface area contributed by atoms with Crippen LogP contribution < -0.4 is 24.0 Å². The van der Waals surface area contributed by atoms with Gasteiger partial charge in [-0.05, 0) is 26.0 Å². The van der Waals surface area contributed by atoms with Gasteiger partial charge in [0.15, 0.2) is 0 Å². The lowest BCUT2D eigenvalue weighted by molar-refractivity contribution is -0.228. The molecule has 0 radical (unpaired) electrons. The lowest BCUT2D eigenvalue weighted by atomic mass is 9.90. The van der Waals surface area contributed by atoms with Crippen LogP contribution >= 0.6 is 11.6 Å². The number of carbonyl (C=O) groups is 1. The standard InChI is InChI=1S/C30H35ClN6O8/c1-3-42-26-6-4-5-21(33-26)22-13-25(35-29(34-22)43-10-8-38)37-15-20(12-24(37)28(39)40)45-27-23(11-19(31)14-32-27)36-7-9-44-30(18(36)2)16-41-17-30/h4-6,11,13-14,18,20,24,38H,3,7-10,12,15-17H2,1-2H3,(H,39,40)/t18-,20-,24-/m0/s1. The van der Waals surface area contributed by atoms with Gasteiger partial charge in [0.05, 0.1) is 62.0 Å². The zero-order chi connectivity index (χ0) is 31.6. The minimum Gasteiger partial charge on any atom is -0.480 e. The normalized spacial score (nSPS) is 22.3. The third kappa shape index (κ3) is 6.41. The minimum absolute atomic E-state index is 0.0227. The van der Waals surface area contributed by atoms with Gasteiger partial charge in [-0.15, -0.1) is 0 Å². The largest absolute Gasteiger partial charge is 0.480 e. The fraction of sp³-hybridized carbons (Fsp3) is 0.500. The summed E-state index contributed by atoms with van der Waals surface area (Å²) in [6.07, 6.45) is 1.13. The van der Waals surface area contributed by atoms with Crippen LogP contribution in [-0.4, -0.2) is 113 Å². The van der Waals surface area contributed by atoms with Crippen LogP contribution in [0.1, 0.15) is 20.3 Å². The van der Waals surface area contributed by atoms with Gasteiger partial charge in [0.1, 0.15) is 35.9 Å². The smallest absolute Gasteiger partial charge is 0.326 e. The van der Waals surface area contributed by atoms with Gasteiger partial charge in [0, 0.05) is 31.3 Å². The lowest BCUT2D eigenvalue weighted by Crippen LogP contribution is -2.68. The predicted molar refractivity (Wildman–Crippen MR) is 162 cm³/mol. The maximum Gasteiger partial charge on any atom is 0.326 e. The van der Waals surface area contributed by atoms with Gasteiger partial charge in [0.2, 0.25) is 11.8 Å². The van der Waals surface area contributed by atoms with Gasteiger partial charge in [-0.1, -0.05) is 17.7 Å². The van der Waals surface area contributed by atoms with Gasteiger partial charge in [0.25, 0.3) is 0 Å². The zero-order valence-electron chi connectivity index (χ0n) is 25.0. The Morgan fingerprint density at radius 2 is 2.00 bits per heavy atom. The molecule has 3 fully saturated rings. The van der Waals surface area contributed by atoms with Crippen molar-refractivity contribution in [1.82, 2.24) is 19.9 Å². The molecule has 0 amide bonds. The topological polar surface area (TPSA) is 162 Å². The van der Waals surface area contributed by atoms with Gasteiger partial charge in [-0.3, -0.25) is 0 Å². The molecule has 3 atom stereocenters. The second kappa shape index (κ2) is 13.2. The summed E-state index contributed by atoms with van der Waals surface area (Å²) >= 11 is 6.39. The van der Waals surface area contributed by atoms with Crippen molar-refractivity contribution in [2.45, 2.75) is 44.1 Å². The summed E-state index contributed by atoms with van der Waals surface area (Å²) in [5.41, 5.74) is 1.19. The number of aliphatic hydroxyl groups excluding tert-OH is 1. The number of rotatable bonds is 11. The Morgan fingerprint density at radius 3 is 2.73 bits per heavy atom. The van der Waals surface area contributed by atoms with E-state index in [0.29, 0.717) is 72.6 Å².